The number of anilines is 1. The highest BCUT2D eigenvalue weighted by molar-refractivity contribution is 5.91. The molecule has 1 aliphatic heterocycles. The fourth-order valence-electron chi connectivity index (χ4n) is 3.91. The maximum absolute atomic E-state index is 12.5. The van der Waals surface area contributed by atoms with E-state index in [1.807, 2.05) is 55.5 Å². The molecule has 1 amide bonds. The van der Waals surface area contributed by atoms with Crippen LogP contribution in [-0.2, 0) is 24.2 Å². The molecule has 0 unspecified atom stereocenters. The molecule has 6 heteroatoms. The van der Waals surface area contributed by atoms with Crippen molar-refractivity contribution in [2.45, 2.75) is 52.0 Å². The SMILES string of the molecule is CCOc1ccccc1CCC(=O)Nc1cccc(-c2nnc3n2CCCCC3)c1. The van der Waals surface area contributed by atoms with E-state index < -0.39 is 0 Å². The number of nitrogens with zero attached hydrogens (tertiary/aromatic N) is 3. The van der Waals surface area contributed by atoms with Crippen LogP contribution in [0.3, 0.4) is 0 Å². The van der Waals surface area contributed by atoms with E-state index in [1.165, 1.54) is 12.8 Å². The first-order valence-electron chi connectivity index (χ1n) is 10.8. The van der Waals surface area contributed by atoms with Crippen LogP contribution in [0.25, 0.3) is 11.4 Å². The number of aryl methyl sites for hydroxylation is 2. The van der Waals surface area contributed by atoms with Crippen molar-refractivity contribution in [1.82, 2.24) is 14.8 Å². The van der Waals surface area contributed by atoms with Crippen LogP contribution in [0.15, 0.2) is 48.5 Å². The molecule has 0 fully saturated rings. The first kappa shape index (κ1) is 20.1. The molecule has 30 heavy (non-hydrogen) atoms. The normalized spacial score (nSPS) is 13.4. The van der Waals surface area contributed by atoms with Gasteiger partial charge in [0, 0.05) is 30.6 Å². The maximum Gasteiger partial charge on any atom is 0.224 e. The van der Waals surface area contributed by atoms with Gasteiger partial charge in [-0.25, -0.2) is 0 Å². The van der Waals surface area contributed by atoms with E-state index in [9.17, 15) is 4.79 Å². The van der Waals surface area contributed by atoms with Crippen molar-refractivity contribution in [3.63, 3.8) is 0 Å². The number of aromatic nitrogens is 3. The number of carbonyl (C=O) groups excluding carboxylic acids is 1. The van der Waals surface area contributed by atoms with E-state index in [-0.39, 0.29) is 5.91 Å². The van der Waals surface area contributed by atoms with Gasteiger partial charge in [-0.3, -0.25) is 4.79 Å². The molecular weight excluding hydrogens is 376 g/mol. The second-order valence-corrected chi connectivity index (χ2v) is 7.57. The lowest BCUT2D eigenvalue weighted by molar-refractivity contribution is -0.116. The third kappa shape index (κ3) is 4.70. The molecule has 3 aromatic rings. The van der Waals surface area contributed by atoms with Crippen molar-refractivity contribution in [2.75, 3.05) is 11.9 Å². The van der Waals surface area contributed by atoms with Crippen LogP contribution in [0.1, 0.15) is 44.0 Å². The zero-order valence-corrected chi connectivity index (χ0v) is 17.4. The fourth-order valence-corrected chi connectivity index (χ4v) is 3.91. The van der Waals surface area contributed by atoms with E-state index in [4.69, 9.17) is 4.74 Å². The number of para-hydroxylation sites is 1. The van der Waals surface area contributed by atoms with Gasteiger partial charge in [-0.05, 0) is 49.9 Å². The monoisotopic (exact) mass is 404 g/mol. The van der Waals surface area contributed by atoms with Crippen LogP contribution in [-0.4, -0.2) is 27.3 Å². The highest BCUT2D eigenvalue weighted by Gasteiger charge is 2.16. The lowest BCUT2D eigenvalue weighted by Gasteiger charge is -2.11. The summed E-state index contributed by atoms with van der Waals surface area (Å²) in [5.74, 6) is 2.78. The van der Waals surface area contributed by atoms with E-state index in [2.05, 4.69) is 20.1 Å². The van der Waals surface area contributed by atoms with Crippen LogP contribution in [0.4, 0.5) is 5.69 Å². The van der Waals surface area contributed by atoms with Crippen molar-refractivity contribution < 1.29 is 9.53 Å². The lowest BCUT2D eigenvalue weighted by Crippen LogP contribution is -2.13. The van der Waals surface area contributed by atoms with E-state index in [0.717, 1.165) is 53.6 Å². The van der Waals surface area contributed by atoms with E-state index in [1.54, 1.807) is 0 Å². The predicted octanol–water partition coefficient (Wildman–Crippen LogP) is 4.64. The molecule has 4 rings (SSSR count). The van der Waals surface area contributed by atoms with Gasteiger partial charge in [-0.2, -0.15) is 0 Å². The summed E-state index contributed by atoms with van der Waals surface area (Å²) in [6.07, 6.45) is 5.56. The number of hydrogen-bond acceptors (Lipinski definition) is 4. The first-order valence-corrected chi connectivity index (χ1v) is 10.8. The van der Waals surface area contributed by atoms with Crippen molar-refractivity contribution in [2.24, 2.45) is 0 Å². The maximum atomic E-state index is 12.5. The smallest absolute Gasteiger partial charge is 0.224 e. The average molecular weight is 405 g/mol. The summed E-state index contributed by atoms with van der Waals surface area (Å²) in [7, 11) is 0. The number of fused-ring (bicyclic) bond motifs is 1. The first-order chi connectivity index (χ1) is 14.7. The average Bonchev–Trinajstić information content (AvgIpc) is 3.02. The zero-order valence-electron chi connectivity index (χ0n) is 17.4. The molecule has 0 atom stereocenters. The minimum absolute atomic E-state index is 0.0153. The number of rotatable bonds is 7. The van der Waals surface area contributed by atoms with Gasteiger partial charge in [0.25, 0.3) is 0 Å². The van der Waals surface area contributed by atoms with Gasteiger partial charge in [-0.1, -0.05) is 36.8 Å². The second kappa shape index (κ2) is 9.57. The Balaban J connectivity index is 1.43. The van der Waals surface area contributed by atoms with Crippen LogP contribution >= 0.6 is 0 Å². The highest BCUT2D eigenvalue weighted by atomic mass is 16.5. The minimum atomic E-state index is -0.0153. The molecular formula is C24H28N4O2. The molecule has 1 N–H and O–H groups in total. The molecule has 0 aliphatic carbocycles. The van der Waals surface area contributed by atoms with Crippen molar-refractivity contribution in [1.29, 1.82) is 0 Å². The summed E-state index contributed by atoms with van der Waals surface area (Å²) in [5.41, 5.74) is 2.81. The molecule has 0 bridgehead atoms. The minimum Gasteiger partial charge on any atom is -0.494 e. The van der Waals surface area contributed by atoms with Gasteiger partial charge in [-0.15, -0.1) is 10.2 Å². The molecule has 0 radical (unpaired) electrons. The van der Waals surface area contributed by atoms with E-state index in [0.29, 0.717) is 19.4 Å². The Bertz CT molecular complexity index is 1010. The third-order valence-corrected chi connectivity index (χ3v) is 5.41. The van der Waals surface area contributed by atoms with Gasteiger partial charge < -0.3 is 14.6 Å². The quantitative estimate of drug-likeness (QED) is 0.623. The molecule has 1 aromatic heterocycles. The highest BCUT2D eigenvalue weighted by Crippen LogP contribution is 2.25. The van der Waals surface area contributed by atoms with Gasteiger partial charge in [0.2, 0.25) is 5.91 Å². The predicted molar refractivity (Wildman–Crippen MR) is 118 cm³/mol. The van der Waals surface area contributed by atoms with Crippen LogP contribution < -0.4 is 10.1 Å². The van der Waals surface area contributed by atoms with Crippen molar-refractivity contribution in [3.8, 4) is 17.1 Å². The van der Waals surface area contributed by atoms with Crippen LogP contribution in [0.5, 0.6) is 5.75 Å². The molecule has 0 saturated carbocycles. The topological polar surface area (TPSA) is 69.0 Å². The summed E-state index contributed by atoms with van der Waals surface area (Å²) in [5, 5.41) is 11.8. The van der Waals surface area contributed by atoms with E-state index >= 15 is 0 Å². The van der Waals surface area contributed by atoms with Gasteiger partial charge in [0.15, 0.2) is 5.82 Å². The number of amides is 1. The Morgan fingerprint density at radius 3 is 2.90 bits per heavy atom. The largest absolute Gasteiger partial charge is 0.494 e. The zero-order chi connectivity index (χ0) is 20.8. The molecule has 0 spiro atoms. The number of benzene rings is 2. The number of hydrogen-bond donors (Lipinski definition) is 1. The Kier molecular flexibility index (Phi) is 6.42. The van der Waals surface area contributed by atoms with Gasteiger partial charge >= 0.3 is 0 Å². The standard InChI is InChI=1S/C24H28N4O2/c1-2-30-21-12-6-5-9-18(21)14-15-23(29)25-20-11-8-10-19(17-20)24-27-26-22-13-4-3-7-16-28(22)24/h5-6,8-12,17H,2-4,7,13-16H2,1H3,(H,25,29). The summed E-state index contributed by atoms with van der Waals surface area (Å²) < 4.78 is 7.87. The molecule has 1 aliphatic rings. The molecule has 156 valence electrons. The summed E-state index contributed by atoms with van der Waals surface area (Å²) in [4.78, 5) is 12.5. The van der Waals surface area contributed by atoms with Crippen molar-refractivity contribution >= 4 is 11.6 Å². The Labute approximate surface area is 177 Å². The lowest BCUT2D eigenvalue weighted by atomic mass is 10.1. The van der Waals surface area contributed by atoms with Crippen LogP contribution in [0.2, 0.25) is 0 Å². The molecule has 0 saturated heterocycles. The number of ether oxygens (including phenoxy) is 1. The summed E-state index contributed by atoms with van der Waals surface area (Å²) in [6.45, 7) is 3.53. The van der Waals surface area contributed by atoms with Crippen molar-refractivity contribution in [3.05, 3.63) is 59.9 Å². The molecule has 2 heterocycles. The fraction of sp³-hybridized carbons (Fsp3) is 0.375. The molecule has 2 aromatic carbocycles. The second-order valence-electron chi connectivity index (χ2n) is 7.57. The number of carbonyl (C=O) groups is 1. The Hall–Kier alpha value is -3.15. The summed E-state index contributed by atoms with van der Waals surface area (Å²) >= 11 is 0. The van der Waals surface area contributed by atoms with Gasteiger partial charge in [0.05, 0.1) is 6.61 Å². The molecule has 6 nitrogen and oxygen atoms in total. The third-order valence-electron chi connectivity index (χ3n) is 5.41. The Morgan fingerprint density at radius 2 is 2.00 bits per heavy atom. The van der Waals surface area contributed by atoms with Crippen LogP contribution in [0, 0.1) is 0 Å². The summed E-state index contributed by atoms with van der Waals surface area (Å²) in [6, 6.07) is 15.7. The van der Waals surface area contributed by atoms with Gasteiger partial charge in [0.1, 0.15) is 11.6 Å². The Morgan fingerprint density at radius 1 is 1.10 bits per heavy atom. The number of nitrogens with one attached hydrogen (secondary N) is 1.